The minimum absolute atomic E-state index is 0. The van der Waals surface area contributed by atoms with E-state index in [1.165, 1.54) is 32.2 Å². The summed E-state index contributed by atoms with van der Waals surface area (Å²) in [4.78, 5) is 6.82. The van der Waals surface area contributed by atoms with Gasteiger partial charge in [0.1, 0.15) is 0 Å². The third-order valence-corrected chi connectivity index (χ3v) is 4.23. The normalized spacial score (nSPS) is 18.0. The molecule has 1 aliphatic heterocycles. The van der Waals surface area contributed by atoms with Gasteiger partial charge in [-0.3, -0.25) is 9.89 Å². The molecule has 5 nitrogen and oxygen atoms in total. The fourth-order valence-electron chi connectivity index (χ4n) is 2.64. The molecule has 1 unspecified atom stereocenters. The lowest BCUT2D eigenvalue weighted by molar-refractivity contribution is 0.0372. The maximum atomic E-state index is 5.37. The van der Waals surface area contributed by atoms with Crippen molar-refractivity contribution in [2.75, 3.05) is 46.4 Å². The van der Waals surface area contributed by atoms with Gasteiger partial charge in [-0.1, -0.05) is 20.8 Å². The molecular weight excluding hydrogens is 415 g/mol. The molecule has 1 heterocycles. The van der Waals surface area contributed by atoms with Crippen LogP contribution in [0.25, 0.3) is 0 Å². The van der Waals surface area contributed by atoms with Crippen LogP contribution >= 0.6 is 24.0 Å². The smallest absolute Gasteiger partial charge is 0.191 e. The monoisotopic (exact) mass is 454 g/mol. The number of nitrogens with zero attached hydrogens (tertiary/aromatic N) is 2. The van der Waals surface area contributed by atoms with Gasteiger partial charge in [0, 0.05) is 32.7 Å². The van der Waals surface area contributed by atoms with Crippen LogP contribution in [-0.4, -0.2) is 63.3 Å². The Morgan fingerprint density at radius 3 is 2.46 bits per heavy atom. The van der Waals surface area contributed by atoms with E-state index < -0.39 is 0 Å². The van der Waals surface area contributed by atoms with Gasteiger partial charge in [0.2, 0.25) is 0 Å². The molecule has 0 amide bonds. The third kappa shape index (κ3) is 12.3. The number of nitrogens with one attached hydrogen (secondary N) is 2. The summed E-state index contributed by atoms with van der Waals surface area (Å²) in [6.45, 7) is 15.2. The first-order chi connectivity index (χ1) is 10.9. The highest BCUT2D eigenvalue weighted by molar-refractivity contribution is 14.0. The Labute approximate surface area is 166 Å². The number of morpholine rings is 1. The van der Waals surface area contributed by atoms with E-state index in [1.54, 1.807) is 0 Å². The Balaban J connectivity index is 0.00000529. The predicted molar refractivity (Wildman–Crippen MR) is 115 cm³/mol. The second kappa shape index (κ2) is 13.2. The average Bonchev–Trinajstić information content (AvgIpc) is 2.52. The molecule has 0 aromatic rings. The topological polar surface area (TPSA) is 48.9 Å². The molecule has 0 bridgehead atoms. The lowest BCUT2D eigenvalue weighted by atomic mass is 9.89. The van der Waals surface area contributed by atoms with Crippen LogP contribution in [-0.2, 0) is 4.74 Å². The number of rotatable bonds is 8. The van der Waals surface area contributed by atoms with E-state index in [2.05, 4.69) is 48.2 Å². The molecule has 0 radical (unpaired) electrons. The highest BCUT2D eigenvalue weighted by Gasteiger charge is 2.13. The van der Waals surface area contributed by atoms with E-state index in [-0.39, 0.29) is 24.0 Å². The molecule has 1 saturated heterocycles. The summed E-state index contributed by atoms with van der Waals surface area (Å²) in [6, 6.07) is 0.453. The van der Waals surface area contributed by atoms with Crippen LogP contribution < -0.4 is 10.6 Å². The summed E-state index contributed by atoms with van der Waals surface area (Å²) < 4.78 is 5.37. The first kappa shape index (κ1) is 23.9. The zero-order chi connectivity index (χ0) is 17.1. The van der Waals surface area contributed by atoms with Gasteiger partial charge in [-0.25, -0.2) is 0 Å². The van der Waals surface area contributed by atoms with Crippen LogP contribution in [0.4, 0.5) is 0 Å². The largest absolute Gasteiger partial charge is 0.379 e. The number of hydrogen-bond donors (Lipinski definition) is 2. The fraction of sp³-hybridized carbons (Fsp3) is 0.944. The molecule has 0 aromatic heterocycles. The van der Waals surface area contributed by atoms with Gasteiger partial charge in [0.25, 0.3) is 0 Å². The average molecular weight is 454 g/mol. The number of hydrogen-bond acceptors (Lipinski definition) is 3. The second-order valence-electron chi connectivity index (χ2n) is 7.80. The van der Waals surface area contributed by atoms with Crippen LogP contribution in [0.3, 0.4) is 0 Å². The van der Waals surface area contributed by atoms with Crippen molar-refractivity contribution in [1.29, 1.82) is 0 Å². The molecule has 24 heavy (non-hydrogen) atoms. The van der Waals surface area contributed by atoms with Crippen molar-refractivity contribution in [3.63, 3.8) is 0 Å². The van der Waals surface area contributed by atoms with E-state index >= 15 is 0 Å². The third-order valence-electron chi connectivity index (χ3n) is 4.23. The van der Waals surface area contributed by atoms with Gasteiger partial charge >= 0.3 is 0 Å². The van der Waals surface area contributed by atoms with Gasteiger partial charge in [-0.15, -0.1) is 24.0 Å². The molecular formula is C18H39IN4O. The number of guanidine groups is 1. The van der Waals surface area contributed by atoms with Crippen LogP contribution in [0.2, 0.25) is 0 Å². The zero-order valence-corrected chi connectivity index (χ0v) is 18.7. The number of unbranched alkanes of at least 4 members (excludes halogenated alkanes) is 1. The fourth-order valence-corrected chi connectivity index (χ4v) is 2.64. The Kier molecular flexibility index (Phi) is 13.1. The second-order valence-corrected chi connectivity index (χ2v) is 7.80. The van der Waals surface area contributed by atoms with E-state index in [9.17, 15) is 0 Å². The standard InChI is InChI=1S/C18H38N4O.HI/c1-16(8-9-18(2,3)4)21-17(19-5)20-10-6-7-11-22-12-14-23-15-13-22;/h16H,6-15H2,1-5H3,(H2,19,20,21);1H. The molecule has 1 fully saturated rings. The minimum Gasteiger partial charge on any atom is -0.379 e. The molecule has 0 aliphatic carbocycles. The Morgan fingerprint density at radius 2 is 1.88 bits per heavy atom. The Hall–Kier alpha value is -0.0800. The molecule has 6 heteroatoms. The summed E-state index contributed by atoms with van der Waals surface area (Å²) in [7, 11) is 1.85. The van der Waals surface area contributed by atoms with Crippen molar-refractivity contribution >= 4 is 29.9 Å². The minimum atomic E-state index is 0. The molecule has 1 atom stereocenters. The highest BCUT2D eigenvalue weighted by atomic mass is 127. The van der Waals surface area contributed by atoms with Crippen LogP contribution in [0.5, 0.6) is 0 Å². The van der Waals surface area contributed by atoms with Crippen LogP contribution in [0, 0.1) is 5.41 Å². The Morgan fingerprint density at radius 1 is 1.21 bits per heavy atom. The van der Waals surface area contributed by atoms with E-state index in [0.717, 1.165) is 38.8 Å². The molecule has 0 saturated carbocycles. The van der Waals surface area contributed by atoms with Gasteiger partial charge in [0.05, 0.1) is 13.2 Å². The van der Waals surface area contributed by atoms with Crippen molar-refractivity contribution in [2.45, 2.75) is 59.4 Å². The molecule has 2 N–H and O–H groups in total. The zero-order valence-electron chi connectivity index (χ0n) is 16.4. The van der Waals surface area contributed by atoms with Crippen molar-refractivity contribution in [1.82, 2.24) is 15.5 Å². The number of ether oxygens (including phenoxy) is 1. The molecule has 0 spiro atoms. The highest BCUT2D eigenvalue weighted by Crippen LogP contribution is 2.21. The van der Waals surface area contributed by atoms with E-state index in [0.29, 0.717) is 11.5 Å². The van der Waals surface area contributed by atoms with Crippen LogP contribution in [0.1, 0.15) is 53.4 Å². The molecule has 0 aromatic carbocycles. The van der Waals surface area contributed by atoms with Crippen LogP contribution in [0.15, 0.2) is 4.99 Å². The summed E-state index contributed by atoms with van der Waals surface area (Å²) in [5, 5.41) is 6.92. The summed E-state index contributed by atoms with van der Waals surface area (Å²) >= 11 is 0. The molecule has 1 aliphatic rings. The van der Waals surface area contributed by atoms with Crippen molar-refractivity contribution in [2.24, 2.45) is 10.4 Å². The number of halogens is 1. The first-order valence-electron chi connectivity index (χ1n) is 9.18. The maximum Gasteiger partial charge on any atom is 0.191 e. The van der Waals surface area contributed by atoms with Gasteiger partial charge in [-0.2, -0.15) is 0 Å². The van der Waals surface area contributed by atoms with Crippen molar-refractivity contribution in [3.8, 4) is 0 Å². The van der Waals surface area contributed by atoms with Gasteiger partial charge in [0.15, 0.2) is 5.96 Å². The molecule has 144 valence electrons. The number of aliphatic imine (C=N–C) groups is 1. The summed E-state index contributed by atoms with van der Waals surface area (Å²) in [6.07, 6.45) is 4.79. The Bertz CT molecular complexity index is 338. The predicted octanol–water partition coefficient (Wildman–Crippen LogP) is 3.10. The van der Waals surface area contributed by atoms with Crippen molar-refractivity contribution in [3.05, 3.63) is 0 Å². The lowest BCUT2D eigenvalue weighted by Gasteiger charge is -2.26. The van der Waals surface area contributed by atoms with E-state index in [4.69, 9.17) is 4.74 Å². The SMILES string of the molecule is CN=C(NCCCCN1CCOCC1)NC(C)CCC(C)(C)C.I. The van der Waals surface area contributed by atoms with Gasteiger partial charge in [-0.05, 0) is 44.6 Å². The van der Waals surface area contributed by atoms with E-state index in [1.807, 2.05) is 7.05 Å². The van der Waals surface area contributed by atoms with Gasteiger partial charge < -0.3 is 15.4 Å². The quantitative estimate of drug-likeness (QED) is 0.256. The maximum absolute atomic E-state index is 5.37. The summed E-state index contributed by atoms with van der Waals surface area (Å²) in [5.74, 6) is 0.929. The summed E-state index contributed by atoms with van der Waals surface area (Å²) in [5.41, 5.74) is 0.395. The van der Waals surface area contributed by atoms with Crippen molar-refractivity contribution < 1.29 is 4.74 Å². The first-order valence-corrected chi connectivity index (χ1v) is 9.18. The molecule has 1 rings (SSSR count). The lowest BCUT2D eigenvalue weighted by Crippen LogP contribution is -2.43.